The third kappa shape index (κ3) is 2.02. The van der Waals surface area contributed by atoms with Crippen LogP contribution in [0.5, 0.6) is 5.75 Å². The van der Waals surface area contributed by atoms with Gasteiger partial charge in [0.1, 0.15) is 0 Å². The van der Waals surface area contributed by atoms with Crippen LogP contribution in [0, 0.1) is 0 Å². The molecule has 0 heterocycles. The summed E-state index contributed by atoms with van der Waals surface area (Å²) in [5, 5.41) is 8.66. The highest BCUT2D eigenvalue weighted by Gasteiger charge is 2.36. The molecule has 16 heavy (non-hydrogen) atoms. The Labute approximate surface area is 88.4 Å². The van der Waals surface area contributed by atoms with Crippen LogP contribution in [0.1, 0.15) is 15.9 Å². The normalized spacial score (nSPS) is 11.2. The van der Waals surface area contributed by atoms with E-state index in [0.29, 0.717) is 6.07 Å². The molecule has 1 aromatic carbocycles. The first kappa shape index (κ1) is 12.2. The number of nitrogen functional groups attached to an aromatic ring is 1. The molecule has 0 aliphatic carbocycles. The van der Waals surface area contributed by atoms with E-state index >= 15 is 0 Å². The lowest BCUT2D eigenvalue weighted by molar-refractivity contribution is -0.138. The number of carbonyl (C=O) groups is 1. The van der Waals surface area contributed by atoms with Crippen LogP contribution in [0.4, 0.5) is 18.9 Å². The fraction of sp³-hybridized carbons (Fsp3) is 0.222. The molecule has 0 aromatic heterocycles. The number of benzene rings is 1. The number of rotatable bonds is 2. The van der Waals surface area contributed by atoms with E-state index in [2.05, 4.69) is 4.74 Å². The second kappa shape index (κ2) is 3.92. The van der Waals surface area contributed by atoms with Gasteiger partial charge in [-0.05, 0) is 12.1 Å². The van der Waals surface area contributed by atoms with Gasteiger partial charge >= 0.3 is 12.1 Å². The van der Waals surface area contributed by atoms with Gasteiger partial charge in [0.15, 0.2) is 5.75 Å². The molecule has 0 saturated carbocycles. The zero-order chi connectivity index (χ0) is 12.5. The Hall–Kier alpha value is -1.92. The number of halogens is 3. The molecular weight excluding hydrogens is 227 g/mol. The summed E-state index contributed by atoms with van der Waals surface area (Å²) in [5.41, 5.74) is 3.22. The molecule has 0 radical (unpaired) electrons. The molecule has 0 saturated heterocycles. The first-order chi connectivity index (χ1) is 7.29. The summed E-state index contributed by atoms with van der Waals surface area (Å²) in [4.78, 5) is 10.6. The minimum absolute atomic E-state index is 0.426. The molecule has 0 aliphatic rings. The van der Waals surface area contributed by atoms with E-state index in [1.54, 1.807) is 0 Å². The van der Waals surface area contributed by atoms with Crippen molar-refractivity contribution >= 4 is 11.7 Å². The van der Waals surface area contributed by atoms with Crippen LogP contribution < -0.4 is 10.5 Å². The molecule has 3 N–H and O–H groups in total. The van der Waals surface area contributed by atoms with Crippen molar-refractivity contribution in [2.75, 3.05) is 12.8 Å². The minimum atomic E-state index is -4.64. The number of aromatic carboxylic acids is 1. The summed E-state index contributed by atoms with van der Waals surface area (Å²) in [7, 11) is 0.993. The second-order valence-electron chi connectivity index (χ2n) is 2.91. The lowest BCUT2D eigenvalue weighted by atomic mass is 10.1. The fourth-order valence-electron chi connectivity index (χ4n) is 1.23. The largest absolute Gasteiger partial charge is 0.494 e. The second-order valence-corrected chi connectivity index (χ2v) is 2.91. The topological polar surface area (TPSA) is 72.5 Å². The number of hydrogen-bond acceptors (Lipinski definition) is 3. The van der Waals surface area contributed by atoms with Crippen LogP contribution in [0.25, 0.3) is 0 Å². The summed E-state index contributed by atoms with van der Waals surface area (Å²) in [5.74, 6) is -2.09. The number of methoxy groups -OCH3 is 1. The van der Waals surface area contributed by atoms with Crippen molar-refractivity contribution in [2.45, 2.75) is 6.18 Å². The van der Waals surface area contributed by atoms with Gasteiger partial charge in [0.2, 0.25) is 0 Å². The van der Waals surface area contributed by atoms with E-state index in [9.17, 15) is 18.0 Å². The molecule has 7 heteroatoms. The van der Waals surface area contributed by atoms with Crippen LogP contribution in [0.2, 0.25) is 0 Å². The molecule has 1 aromatic rings. The zero-order valence-electron chi connectivity index (χ0n) is 8.13. The summed E-state index contributed by atoms with van der Waals surface area (Å²) in [6.07, 6.45) is -4.64. The van der Waals surface area contributed by atoms with Gasteiger partial charge in [-0.25, -0.2) is 4.79 Å². The first-order valence-electron chi connectivity index (χ1n) is 4.06. The number of carboxylic acid groups (broad SMARTS) is 1. The molecular formula is C9H8F3NO3. The predicted octanol–water partition coefficient (Wildman–Crippen LogP) is 1.99. The van der Waals surface area contributed by atoms with Crippen molar-refractivity contribution in [3.8, 4) is 5.75 Å². The Kier molecular flexibility index (Phi) is 2.97. The van der Waals surface area contributed by atoms with Crippen molar-refractivity contribution in [2.24, 2.45) is 0 Å². The first-order valence-corrected chi connectivity index (χ1v) is 4.06. The average Bonchev–Trinajstić information content (AvgIpc) is 2.15. The number of alkyl halides is 3. The molecule has 0 aliphatic heterocycles. The standard InChI is InChI=1S/C9H8F3NO3/c1-16-7-5(9(10,11)12)3-2-4(6(7)13)8(14)15/h2-3H,13H2,1H3,(H,14,15). The van der Waals surface area contributed by atoms with E-state index in [1.807, 2.05) is 0 Å². The van der Waals surface area contributed by atoms with Gasteiger partial charge in [0, 0.05) is 0 Å². The maximum Gasteiger partial charge on any atom is 0.420 e. The van der Waals surface area contributed by atoms with Crippen molar-refractivity contribution < 1.29 is 27.8 Å². The highest BCUT2D eigenvalue weighted by Crippen LogP contribution is 2.40. The molecule has 4 nitrogen and oxygen atoms in total. The predicted molar refractivity (Wildman–Crippen MR) is 49.4 cm³/mol. The molecule has 0 fully saturated rings. The number of carboxylic acids is 1. The van der Waals surface area contributed by atoms with Crippen LogP contribution in [-0.4, -0.2) is 18.2 Å². The van der Waals surface area contributed by atoms with Gasteiger partial charge in [-0.15, -0.1) is 0 Å². The number of nitrogens with two attached hydrogens (primary N) is 1. The molecule has 0 atom stereocenters. The van der Waals surface area contributed by atoms with Crippen LogP contribution in [-0.2, 0) is 6.18 Å². The van der Waals surface area contributed by atoms with Crippen LogP contribution in [0.3, 0.4) is 0 Å². The summed E-state index contributed by atoms with van der Waals surface area (Å²) >= 11 is 0. The summed E-state index contributed by atoms with van der Waals surface area (Å²) in [6, 6.07) is 1.42. The Balaban J connectivity index is 3.47. The molecule has 1 rings (SSSR count). The van der Waals surface area contributed by atoms with E-state index in [-0.39, 0.29) is 0 Å². The summed E-state index contributed by atoms with van der Waals surface area (Å²) < 4.78 is 41.9. The maximum absolute atomic E-state index is 12.5. The van der Waals surface area contributed by atoms with Gasteiger partial charge in [-0.3, -0.25) is 0 Å². The Morgan fingerprint density at radius 3 is 2.38 bits per heavy atom. The monoisotopic (exact) mass is 235 g/mol. The van der Waals surface area contributed by atoms with Gasteiger partial charge in [-0.1, -0.05) is 0 Å². The molecule has 0 unspecified atom stereocenters. The number of ether oxygens (including phenoxy) is 1. The average molecular weight is 235 g/mol. The van der Waals surface area contributed by atoms with Gasteiger partial charge in [0.05, 0.1) is 23.9 Å². The molecule has 0 amide bonds. The lowest BCUT2D eigenvalue weighted by Gasteiger charge is -2.14. The maximum atomic E-state index is 12.5. The smallest absolute Gasteiger partial charge is 0.420 e. The molecule has 88 valence electrons. The van der Waals surface area contributed by atoms with Gasteiger partial charge in [-0.2, -0.15) is 13.2 Å². The minimum Gasteiger partial charge on any atom is -0.494 e. The van der Waals surface area contributed by atoms with Gasteiger partial charge in [0.25, 0.3) is 0 Å². The van der Waals surface area contributed by atoms with Crippen molar-refractivity contribution in [1.82, 2.24) is 0 Å². The van der Waals surface area contributed by atoms with Crippen LogP contribution in [0.15, 0.2) is 12.1 Å². The fourth-order valence-corrected chi connectivity index (χ4v) is 1.23. The zero-order valence-corrected chi connectivity index (χ0v) is 8.13. The van der Waals surface area contributed by atoms with E-state index in [4.69, 9.17) is 10.8 Å². The lowest BCUT2D eigenvalue weighted by Crippen LogP contribution is -2.12. The van der Waals surface area contributed by atoms with Crippen LogP contribution >= 0.6 is 0 Å². The third-order valence-corrected chi connectivity index (χ3v) is 1.94. The Morgan fingerprint density at radius 1 is 1.44 bits per heavy atom. The quantitative estimate of drug-likeness (QED) is 0.769. The highest BCUT2D eigenvalue weighted by molar-refractivity contribution is 5.95. The Morgan fingerprint density at radius 2 is 2.00 bits per heavy atom. The molecule has 0 bridgehead atoms. The number of hydrogen-bond donors (Lipinski definition) is 2. The van der Waals surface area contributed by atoms with Gasteiger partial charge < -0.3 is 15.6 Å². The summed E-state index contributed by atoms with van der Waals surface area (Å²) in [6.45, 7) is 0. The SMILES string of the molecule is COc1c(C(F)(F)F)ccc(C(=O)O)c1N. The third-order valence-electron chi connectivity index (χ3n) is 1.94. The van der Waals surface area contributed by atoms with E-state index in [0.717, 1.165) is 13.2 Å². The van der Waals surface area contributed by atoms with E-state index in [1.165, 1.54) is 0 Å². The van der Waals surface area contributed by atoms with Crippen molar-refractivity contribution in [3.63, 3.8) is 0 Å². The molecule has 0 spiro atoms. The Bertz CT molecular complexity index is 429. The van der Waals surface area contributed by atoms with Crippen molar-refractivity contribution in [3.05, 3.63) is 23.3 Å². The van der Waals surface area contributed by atoms with Crippen molar-refractivity contribution in [1.29, 1.82) is 0 Å². The highest BCUT2D eigenvalue weighted by atomic mass is 19.4. The number of anilines is 1. The van der Waals surface area contributed by atoms with E-state index < -0.39 is 34.7 Å².